The van der Waals surface area contributed by atoms with Gasteiger partial charge in [0.1, 0.15) is 5.04 Å². The zero-order chi connectivity index (χ0) is 22.6. The summed E-state index contributed by atoms with van der Waals surface area (Å²) in [4.78, 5) is 25.3. The molecule has 32 heavy (non-hydrogen) atoms. The Morgan fingerprint density at radius 2 is 1.75 bits per heavy atom. The average Bonchev–Trinajstić information content (AvgIpc) is 3.17. The van der Waals surface area contributed by atoms with Crippen molar-refractivity contribution in [2.75, 3.05) is 30.7 Å². The number of carbonyl (C=O) groups excluding carboxylic acids is 1. The fourth-order valence-corrected chi connectivity index (χ4v) is 5.02. The van der Waals surface area contributed by atoms with Gasteiger partial charge >= 0.3 is 0 Å². The van der Waals surface area contributed by atoms with Crippen LogP contribution in [0.15, 0.2) is 64.6 Å². The van der Waals surface area contributed by atoms with Crippen molar-refractivity contribution < 1.29 is 4.79 Å². The minimum Gasteiger partial charge on any atom is -0.325 e. The summed E-state index contributed by atoms with van der Waals surface area (Å²) in [5.74, 6) is 0.764. The first-order valence-corrected chi connectivity index (χ1v) is 12.5. The molecule has 0 saturated carbocycles. The summed E-state index contributed by atoms with van der Waals surface area (Å²) in [6, 6.07) is 18.3. The Morgan fingerprint density at radius 1 is 1.06 bits per heavy atom. The Morgan fingerprint density at radius 3 is 2.38 bits per heavy atom. The van der Waals surface area contributed by atoms with E-state index in [0.717, 1.165) is 54.5 Å². The number of carbonyl (C=O) groups is 1. The SMILES string of the molecule is CCN1CCC2(CC1)N=C(SCC(=O)Nc1ccc(C(C)C)cc1)C(c1ccccc1)=N2. The van der Waals surface area contributed by atoms with Crippen molar-refractivity contribution in [3.8, 4) is 0 Å². The minimum absolute atomic E-state index is 0.0239. The van der Waals surface area contributed by atoms with E-state index in [9.17, 15) is 4.79 Å². The second kappa shape index (κ2) is 10.0. The van der Waals surface area contributed by atoms with Crippen LogP contribution < -0.4 is 5.32 Å². The molecule has 1 amide bonds. The van der Waals surface area contributed by atoms with E-state index < -0.39 is 0 Å². The van der Waals surface area contributed by atoms with Crippen LogP contribution in [0.4, 0.5) is 5.69 Å². The lowest BCUT2D eigenvalue weighted by molar-refractivity contribution is -0.113. The van der Waals surface area contributed by atoms with Gasteiger partial charge in [0.25, 0.3) is 0 Å². The van der Waals surface area contributed by atoms with E-state index in [-0.39, 0.29) is 11.6 Å². The Balaban J connectivity index is 1.45. The van der Waals surface area contributed by atoms with Crippen molar-refractivity contribution >= 4 is 34.1 Å². The zero-order valence-corrected chi connectivity index (χ0v) is 20.0. The number of hydrogen-bond acceptors (Lipinski definition) is 5. The van der Waals surface area contributed by atoms with Gasteiger partial charge in [-0.05, 0) is 30.2 Å². The Hall–Kier alpha value is -2.44. The fourth-order valence-electron chi connectivity index (χ4n) is 4.14. The molecule has 0 radical (unpaired) electrons. The summed E-state index contributed by atoms with van der Waals surface area (Å²) in [6.07, 6.45) is 1.85. The molecule has 6 heteroatoms. The Kier molecular flexibility index (Phi) is 7.11. The van der Waals surface area contributed by atoms with E-state index in [1.54, 1.807) is 0 Å². The number of nitrogens with zero attached hydrogens (tertiary/aromatic N) is 3. The monoisotopic (exact) mass is 448 g/mol. The molecule has 1 saturated heterocycles. The van der Waals surface area contributed by atoms with Gasteiger partial charge in [-0.1, -0.05) is 75.0 Å². The second-order valence-electron chi connectivity index (χ2n) is 8.77. The van der Waals surface area contributed by atoms with Crippen LogP contribution in [0, 0.1) is 0 Å². The van der Waals surface area contributed by atoms with Gasteiger partial charge in [0.05, 0.1) is 11.5 Å². The molecular weight excluding hydrogens is 416 g/mol. The standard InChI is InChI=1S/C26H32N4OS/c1-4-30-16-14-26(15-17-30)28-24(21-8-6-5-7-9-21)25(29-26)32-18-23(31)27-22-12-10-20(11-13-22)19(2)3/h5-13,19H,4,14-18H2,1-3H3,(H,27,31). The van der Waals surface area contributed by atoms with E-state index in [1.165, 1.54) is 17.3 Å². The third-order valence-corrected chi connectivity index (χ3v) is 7.15. The number of amides is 1. The van der Waals surface area contributed by atoms with Crippen molar-refractivity contribution in [1.29, 1.82) is 0 Å². The van der Waals surface area contributed by atoms with Crippen LogP contribution in [0.2, 0.25) is 0 Å². The van der Waals surface area contributed by atoms with Gasteiger partial charge in [-0.25, -0.2) is 4.99 Å². The lowest BCUT2D eigenvalue weighted by Crippen LogP contribution is -2.41. The minimum atomic E-state index is -0.373. The Bertz CT molecular complexity index is 990. The first kappa shape index (κ1) is 22.7. The van der Waals surface area contributed by atoms with Crippen molar-refractivity contribution in [3.05, 3.63) is 65.7 Å². The molecule has 1 spiro atoms. The molecular formula is C26H32N4OS. The van der Waals surface area contributed by atoms with E-state index in [2.05, 4.69) is 55.3 Å². The van der Waals surface area contributed by atoms with Gasteiger partial charge in [-0.3, -0.25) is 9.79 Å². The number of piperidine rings is 1. The maximum atomic E-state index is 12.6. The maximum absolute atomic E-state index is 12.6. The molecule has 0 aliphatic carbocycles. The van der Waals surface area contributed by atoms with E-state index in [4.69, 9.17) is 9.98 Å². The van der Waals surface area contributed by atoms with Gasteiger partial charge in [0, 0.05) is 37.2 Å². The molecule has 1 N–H and O–H groups in total. The molecule has 0 unspecified atom stereocenters. The van der Waals surface area contributed by atoms with Gasteiger partial charge in [-0.2, -0.15) is 0 Å². The number of rotatable bonds is 6. The second-order valence-corrected chi connectivity index (χ2v) is 9.74. The van der Waals surface area contributed by atoms with Crippen LogP contribution in [0.25, 0.3) is 0 Å². The smallest absolute Gasteiger partial charge is 0.234 e. The summed E-state index contributed by atoms with van der Waals surface area (Å²) in [5.41, 5.74) is 3.71. The number of benzene rings is 2. The van der Waals surface area contributed by atoms with E-state index in [1.807, 2.05) is 30.3 Å². The van der Waals surface area contributed by atoms with E-state index >= 15 is 0 Å². The highest BCUT2D eigenvalue weighted by molar-refractivity contribution is 8.16. The van der Waals surface area contributed by atoms with Crippen molar-refractivity contribution in [1.82, 2.24) is 4.90 Å². The maximum Gasteiger partial charge on any atom is 0.234 e. The average molecular weight is 449 g/mol. The summed E-state index contributed by atoms with van der Waals surface area (Å²) < 4.78 is 0. The number of anilines is 1. The van der Waals surface area contributed by atoms with Crippen molar-refractivity contribution in [2.45, 2.75) is 45.2 Å². The third-order valence-electron chi connectivity index (χ3n) is 6.18. The fraction of sp³-hybridized carbons (Fsp3) is 0.423. The topological polar surface area (TPSA) is 57.1 Å². The molecule has 0 atom stereocenters. The number of hydrogen-bond donors (Lipinski definition) is 1. The van der Waals surface area contributed by atoms with Crippen LogP contribution >= 0.6 is 11.8 Å². The molecule has 5 nitrogen and oxygen atoms in total. The molecule has 0 aromatic heterocycles. The zero-order valence-electron chi connectivity index (χ0n) is 19.2. The van der Waals surface area contributed by atoms with Crippen molar-refractivity contribution in [2.24, 2.45) is 9.98 Å². The molecule has 2 aromatic carbocycles. The lowest BCUT2D eigenvalue weighted by Gasteiger charge is -2.34. The normalized spacial score (nSPS) is 18.0. The first-order chi connectivity index (χ1) is 15.5. The summed E-state index contributed by atoms with van der Waals surface area (Å²) in [6.45, 7) is 9.61. The van der Waals surface area contributed by atoms with Crippen LogP contribution in [-0.4, -0.2) is 52.6 Å². The van der Waals surface area contributed by atoms with Crippen LogP contribution in [0.3, 0.4) is 0 Å². The van der Waals surface area contributed by atoms with Gasteiger partial charge < -0.3 is 10.2 Å². The van der Waals surface area contributed by atoms with Gasteiger partial charge in [0.2, 0.25) is 5.91 Å². The lowest BCUT2D eigenvalue weighted by atomic mass is 9.98. The highest BCUT2D eigenvalue weighted by atomic mass is 32.2. The predicted octanol–water partition coefficient (Wildman–Crippen LogP) is 5.20. The molecule has 2 aliphatic rings. The molecule has 2 heterocycles. The molecule has 1 fully saturated rings. The Labute approximate surface area is 195 Å². The van der Waals surface area contributed by atoms with Crippen LogP contribution in [0.5, 0.6) is 0 Å². The molecule has 2 aromatic rings. The summed E-state index contributed by atoms with van der Waals surface area (Å²) >= 11 is 1.49. The molecule has 0 bridgehead atoms. The highest BCUT2D eigenvalue weighted by Gasteiger charge is 2.39. The number of nitrogens with one attached hydrogen (secondary N) is 1. The number of likely N-dealkylation sites (tertiary alicyclic amines) is 1. The largest absolute Gasteiger partial charge is 0.325 e. The van der Waals surface area contributed by atoms with E-state index in [0.29, 0.717) is 11.7 Å². The van der Waals surface area contributed by atoms with Gasteiger partial charge in [0.15, 0.2) is 5.66 Å². The van der Waals surface area contributed by atoms with Crippen molar-refractivity contribution in [3.63, 3.8) is 0 Å². The number of thioether (sulfide) groups is 1. The summed E-state index contributed by atoms with van der Waals surface area (Å²) in [7, 11) is 0. The third kappa shape index (κ3) is 5.30. The predicted molar refractivity (Wildman–Crippen MR) is 136 cm³/mol. The first-order valence-electron chi connectivity index (χ1n) is 11.5. The highest BCUT2D eigenvalue weighted by Crippen LogP contribution is 2.35. The van der Waals surface area contributed by atoms with Gasteiger partial charge in [-0.15, -0.1) is 0 Å². The molecule has 2 aliphatic heterocycles. The quantitative estimate of drug-likeness (QED) is 0.661. The molecule has 4 rings (SSSR count). The van der Waals surface area contributed by atoms with Crippen LogP contribution in [-0.2, 0) is 4.79 Å². The number of aliphatic imine (C=N–C) groups is 2. The molecule has 168 valence electrons. The summed E-state index contributed by atoms with van der Waals surface area (Å²) in [5, 5.41) is 3.89. The van der Waals surface area contributed by atoms with Crippen LogP contribution in [0.1, 0.15) is 50.7 Å².